The van der Waals surface area contributed by atoms with Crippen LogP contribution in [0.1, 0.15) is 11.1 Å². The Bertz CT molecular complexity index is 474. The molecule has 1 heterocycles. The Morgan fingerprint density at radius 2 is 1.85 bits per heavy atom. The van der Waals surface area contributed by atoms with Crippen LogP contribution in [0.4, 0.5) is 18.9 Å². The zero-order valence-corrected chi connectivity index (χ0v) is 11.6. The van der Waals surface area contributed by atoms with Gasteiger partial charge in [0.05, 0.1) is 5.56 Å². The topological polar surface area (TPSA) is 6.48 Å². The number of piperazine rings is 1. The fourth-order valence-corrected chi connectivity index (χ4v) is 2.63. The molecule has 1 aromatic rings. The van der Waals surface area contributed by atoms with E-state index in [1.54, 1.807) is 13.0 Å². The first-order valence-corrected chi connectivity index (χ1v) is 6.68. The fourth-order valence-electron chi connectivity index (χ4n) is 2.63. The van der Waals surface area contributed by atoms with Gasteiger partial charge in [-0.05, 0) is 24.6 Å². The van der Waals surface area contributed by atoms with E-state index in [4.69, 9.17) is 0 Å². The molecule has 1 saturated heterocycles. The van der Waals surface area contributed by atoms with E-state index in [-0.39, 0.29) is 0 Å². The van der Waals surface area contributed by atoms with E-state index in [1.165, 1.54) is 6.07 Å². The number of anilines is 1. The van der Waals surface area contributed by atoms with Crippen LogP contribution in [0.3, 0.4) is 0 Å². The highest BCUT2D eigenvalue weighted by Crippen LogP contribution is 2.35. The first-order chi connectivity index (χ1) is 9.43. The third-order valence-electron chi connectivity index (χ3n) is 3.71. The molecule has 2 rings (SSSR count). The Hall–Kier alpha value is -1.49. The molecule has 0 radical (unpaired) electrons. The molecule has 1 aliphatic rings. The first kappa shape index (κ1) is 14.9. The molecule has 1 aliphatic heterocycles. The van der Waals surface area contributed by atoms with Gasteiger partial charge in [-0.15, -0.1) is 6.58 Å². The third kappa shape index (κ3) is 3.15. The van der Waals surface area contributed by atoms with Gasteiger partial charge in [0.1, 0.15) is 0 Å². The zero-order chi connectivity index (χ0) is 14.8. The molecule has 0 aromatic heterocycles. The highest BCUT2D eigenvalue weighted by molar-refractivity contribution is 5.57. The molecule has 20 heavy (non-hydrogen) atoms. The van der Waals surface area contributed by atoms with Gasteiger partial charge in [-0.1, -0.05) is 12.1 Å². The van der Waals surface area contributed by atoms with E-state index < -0.39 is 11.7 Å². The van der Waals surface area contributed by atoms with Crippen LogP contribution in [0.2, 0.25) is 0 Å². The molecule has 0 aliphatic carbocycles. The summed E-state index contributed by atoms with van der Waals surface area (Å²) in [5.74, 6) is 0. The zero-order valence-electron chi connectivity index (χ0n) is 11.6. The Balaban J connectivity index is 2.16. The summed E-state index contributed by atoms with van der Waals surface area (Å²) in [4.78, 5) is 4.27. The minimum atomic E-state index is -4.29. The smallest absolute Gasteiger partial charge is 0.369 e. The van der Waals surface area contributed by atoms with Crippen molar-refractivity contribution in [2.75, 3.05) is 37.6 Å². The normalized spacial score (nSPS) is 17.3. The number of hydrogen-bond donors (Lipinski definition) is 0. The monoisotopic (exact) mass is 284 g/mol. The van der Waals surface area contributed by atoms with Crippen LogP contribution in [-0.2, 0) is 6.18 Å². The van der Waals surface area contributed by atoms with E-state index in [1.807, 2.05) is 11.0 Å². The van der Waals surface area contributed by atoms with Crippen molar-refractivity contribution in [3.05, 3.63) is 42.0 Å². The predicted octanol–water partition coefficient (Wildman–Crippen LogP) is 3.32. The van der Waals surface area contributed by atoms with Gasteiger partial charge in [0, 0.05) is 38.4 Å². The van der Waals surface area contributed by atoms with Crippen molar-refractivity contribution in [1.29, 1.82) is 0 Å². The molecule has 0 bridgehead atoms. The summed E-state index contributed by atoms with van der Waals surface area (Å²) in [5.41, 5.74) is 0.471. The van der Waals surface area contributed by atoms with Gasteiger partial charge in [-0.3, -0.25) is 4.90 Å². The predicted molar refractivity (Wildman–Crippen MR) is 75.0 cm³/mol. The van der Waals surface area contributed by atoms with Crippen molar-refractivity contribution in [3.8, 4) is 0 Å². The fraction of sp³-hybridized carbons (Fsp3) is 0.467. The molecule has 2 nitrogen and oxygen atoms in total. The van der Waals surface area contributed by atoms with Crippen molar-refractivity contribution < 1.29 is 13.2 Å². The molecule has 0 atom stereocenters. The lowest BCUT2D eigenvalue weighted by Crippen LogP contribution is -2.46. The van der Waals surface area contributed by atoms with Crippen LogP contribution in [0.25, 0.3) is 0 Å². The Morgan fingerprint density at radius 1 is 1.20 bits per heavy atom. The van der Waals surface area contributed by atoms with Crippen molar-refractivity contribution in [2.45, 2.75) is 13.1 Å². The average molecular weight is 284 g/mol. The SMILES string of the molecule is C=CCN1CCN(c2cccc(C(F)(F)F)c2C)CC1. The second-order valence-corrected chi connectivity index (χ2v) is 5.02. The maximum absolute atomic E-state index is 12.9. The minimum Gasteiger partial charge on any atom is -0.369 e. The summed E-state index contributed by atoms with van der Waals surface area (Å²) >= 11 is 0. The Labute approximate surface area is 117 Å². The van der Waals surface area contributed by atoms with Gasteiger partial charge in [0.25, 0.3) is 0 Å². The molecule has 0 unspecified atom stereocenters. The molecular weight excluding hydrogens is 265 g/mol. The Kier molecular flexibility index (Phi) is 4.38. The van der Waals surface area contributed by atoms with Crippen LogP contribution < -0.4 is 4.90 Å². The van der Waals surface area contributed by atoms with Crippen molar-refractivity contribution in [2.24, 2.45) is 0 Å². The molecule has 0 saturated carbocycles. The lowest BCUT2D eigenvalue weighted by Gasteiger charge is -2.36. The molecular formula is C15H19F3N2. The third-order valence-corrected chi connectivity index (χ3v) is 3.71. The van der Waals surface area contributed by atoms with Gasteiger partial charge in [0.2, 0.25) is 0 Å². The van der Waals surface area contributed by atoms with Gasteiger partial charge >= 0.3 is 6.18 Å². The molecule has 1 aromatic carbocycles. The Morgan fingerprint density at radius 3 is 2.40 bits per heavy atom. The van der Waals surface area contributed by atoms with Crippen LogP contribution in [0, 0.1) is 6.92 Å². The highest BCUT2D eigenvalue weighted by atomic mass is 19.4. The molecule has 110 valence electrons. The second kappa shape index (κ2) is 5.87. The van der Waals surface area contributed by atoms with Crippen molar-refractivity contribution in [3.63, 3.8) is 0 Å². The van der Waals surface area contributed by atoms with Gasteiger partial charge in [-0.25, -0.2) is 0 Å². The summed E-state index contributed by atoms with van der Waals surface area (Å²) in [6.07, 6.45) is -2.43. The largest absolute Gasteiger partial charge is 0.416 e. The molecule has 0 spiro atoms. The number of alkyl halides is 3. The maximum Gasteiger partial charge on any atom is 0.416 e. The van der Waals surface area contributed by atoms with Crippen molar-refractivity contribution >= 4 is 5.69 Å². The number of benzene rings is 1. The summed E-state index contributed by atoms with van der Waals surface area (Å²) in [5, 5.41) is 0. The number of nitrogens with zero attached hydrogens (tertiary/aromatic N) is 2. The van der Waals surface area contributed by atoms with Gasteiger partial charge in [-0.2, -0.15) is 13.2 Å². The second-order valence-electron chi connectivity index (χ2n) is 5.02. The van der Waals surface area contributed by atoms with Crippen molar-refractivity contribution in [1.82, 2.24) is 4.90 Å². The molecule has 1 fully saturated rings. The standard InChI is InChI=1S/C15H19F3N2/c1-3-7-19-8-10-20(11-9-19)14-6-4-5-13(12(14)2)15(16,17)18/h3-6H,1,7-11H2,2H3. The van der Waals surface area contributed by atoms with Crippen LogP contribution >= 0.6 is 0 Å². The maximum atomic E-state index is 12.9. The summed E-state index contributed by atoms with van der Waals surface area (Å²) in [6, 6.07) is 4.40. The van der Waals surface area contributed by atoms with Crippen LogP contribution in [0.5, 0.6) is 0 Å². The lowest BCUT2D eigenvalue weighted by molar-refractivity contribution is -0.138. The van der Waals surface area contributed by atoms with E-state index in [0.29, 0.717) is 11.3 Å². The van der Waals surface area contributed by atoms with E-state index in [0.717, 1.165) is 38.8 Å². The van der Waals surface area contributed by atoms with Gasteiger partial charge < -0.3 is 4.90 Å². The lowest BCUT2D eigenvalue weighted by atomic mass is 10.0. The highest BCUT2D eigenvalue weighted by Gasteiger charge is 2.33. The molecule has 5 heteroatoms. The molecule has 0 amide bonds. The van der Waals surface area contributed by atoms with E-state index >= 15 is 0 Å². The summed E-state index contributed by atoms with van der Waals surface area (Å²) in [7, 11) is 0. The van der Waals surface area contributed by atoms with E-state index in [9.17, 15) is 13.2 Å². The van der Waals surface area contributed by atoms with Crippen LogP contribution in [0.15, 0.2) is 30.9 Å². The van der Waals surface area contributed by atoms with Crippen LogP contribution in [-0.4, -0.2) is 37.6 Å². The quantitative estimate of drug-likeness (QED) is 0.786. The summed E-state index contributed by atoms with van der Waals surface area (Å²) in [6.45, 7) is 9.27. The number of halogens is 3. The minimum absolute atomic E-state index is 0.317. The number of rotatable bonds is 3. The number of hydrogen-bond acceptors (Lipinski definition) is 2. The average Bonchev–Trinajstić information content (AvgIpc) is 2.39. The summed E-state index contributed by atoms with van der Waals surface area (Å²) < 4.78 is 38.8. The molecule has 0 N–H and O–H groups in total. The van der Waals surface area contributed by atoms with Gasteiger partial charge in [0.15, 0.2) is 0 Å². The van der Waals surface area contributed by atoms with E-state index in [2.05, 4.69) is 11.5 Å². The first-order valence-electron chi connectivity index (χ1n) is 6.68.